The quantitative estimate of drug-likeness (QED) is 0.721. The molecule has 0 unspecified atom stereocenters. The van der Waals surface area contributed by atoms with E-state index in [2.05, 4.69) is 20.5 Å². The third-order valence-electron chi connectivity index (χ3n) is 3.51. The van der Waals surface area contributed by atoms with E-state index in [-0.39, 0.29) is 5.91 Å². The number of rotatable bonds is 8. The second-order valence-electron chi connectivity index (χ2n) is 5.79. The van der Waals surface area contributed by atoms with E-state index in [0.717, 1.165) is 25.1 Å². The average molecular weight is 347 g/mol. The minimum absolute atomic E-state index is 0.145. The van der Waals surface area contributed by atoms with Gasteiger partial charge in [-0.15, -0.1) is 0 Å². The fraction of sp³-hybridized carbons (Fsp3) is 0.333. The van der Waals surface area contributed by atoms with E-state index in [1.807, 2.05) is 38.4 Å². The van der Waals surface area contributed by atoms with E-state index in [1.165, 1.54) is 0 Å². The maximum Gasteiger partial charge on any atom is 0.251 e. The van der Waals surface area contributed by atoms with Gasteiger partial charge in [-0.25, -0.2) is 4.98 Å². The summed E-state index contributed by atoms with van der Waals surface area (Å²) in [4.78, 5) is 18.7. The van der Waals surface area contributed by atoms with Crippen molar-refractivity contribution in [1.82, 2.24) is 15.2 Å². The van der Waals surface area contributed by atoms with Gasteiger partial charge in [0.05, 0.1) is 0 Å². The molecule has 0 aliphatic carbocycles. The lowest BCUT2D eigenvalue weighted by Gasteiger charge is -2.11. The van der Waals surface area contributed by atoms with Crippen LogP contribution in [0.4, 0.5) is 5.82 Å². The van der Waals surface area contributed by atoms with E-state index in [1.54, 1.807) is 18.3 Å². The molecule has 128 valence electrons. The predicted octanol–water partition coefficient (Wildman–Crippen LogP) is 3.03. The summed E-state index contributed by atoms with van der Waals surface area (Å²) in [6.45, 7) is 2.22. The van der Waals surface area contributed by atoms with Gasteiger partial charge in [-0.05, 0) is 50.8 Å². The number of halogens is 1. The van der Waals surface area contributed by atoms with Crippen molar-refractivity contribution in [2.24, 2.45) is 0 Å². The lowest BCUT2D eigenvalue weighted by molar-refractivity contribution is 0.0951. The van der Waals surface area contributed by atoms with Crippen LogP contribution in [0, 0.1) is 0 Å². The molecule has 0 saturated heterocycles. The molecule has 0 bridgehead atoms. The summed E-state index contributed by atoms with van der Waals surface area (Å²) in [5.74, 6) is 0.563. The van der Waals surface area contributed by atoms with Gasteiger partial charge in [0.15, 0.2) is 0 Å². The summed E-state index contributed by atoms with van der Waals surface area (Å²) in [6, 6.07) is 10.9. The van der Waals surface area contributed by atoms with Crippen molar-refractivity contribution in [2.45, 2.75) is 13.0 Å². The van der Waals surface area contributed by atoms with Crippen molar-refractivity contribution in [3.8, 4) is 0 Å². The normalized spacial score (nSPS) is 10.7. The molecule has 6 heteroatoms. The molecule has 2 rings (SSSR count). The van der Waals surface area contributed by atoms with Crippen LogP contribution in [-0.4, -0.2) is 43.0 Å². The molecule has 0 aliphatic heterocycles. The average Bonchev–Trinajstić information content (AvgIpc) is 2.58. The first-order valence-electron chi connectivity index (χ1n) is 7.92. The first kappa shape index (κ1) is 18.2. The van der Waals surface area contributed by atoms with Crippen LogP contribution in [0.15, 0.2) is 42.6 Å². The Morgan fingerprint density at radius 1 is 1.25 bits per heavy atom. The number of aromatic nitrogens is 1. The number of amides is 1. The number of nitrogens with zero attached hydrogens (tertiary/aromatic N) is 2. The maximum atomic E-state index is 12.3. The highest BCUT2D eigenvalue weighted by molar-refractivity contribution is 6.31. The molecule has 1 aromatic heterocycles. The molecule has 0 radical (unpaired) electrons. The van der Waals surface area contributed by atoms with Gasteiger partial charge in [0.2, 0.25) is 0 Å². The van der Waals surface area contributed by atoms with Crippen LogP contribution in [0.1, 0.15) is 22.3 Å². The second-order valence-corrected chi connectivity index (χ2v) is 6.19. The van der Waals surface area contributed by atoms with Gasteiger partial charge in [0, 0.05) is 29.9 Å². The predicted molar refractivity (Wildman–Crippen MR) is 98.5 cm³/mol. The summed E-state index contributed by atoms with van der Waals surface area (Å²) in [5.41, 5.74) is 1.47. The number of benzene rings is 1. The number of hydrogen-bond acceptors (Lipinski definition) is 4. The molecule has 1 aromatic carbocycles. The third-order valence-corrected chi connectivity index (χ3v) is 3.88. The van der Waals surface area contributed by atoms with Crippen molar-refractivity contribution >= 4 is 23.3 Å². The Hall–Kier alpha value is -2.11. The molecular formula is C18H23ClN4O. The molecular weight excluding hydrogens is 324 g/mol. The lowest BCUT2D eigenvalue weighted by atomic mass is 10.2. The summed E-state index contributed by atoms with van der Waals surface area (Å²) in [5, 5.41) is 6.77. The first-order valence-corrected chi connectivity index (χ1v) is 8.30. The molecule has 0 fully saturated rings. The van der Waals surface area contributed by atoms with E-state index in [9.17, 15) is 4.79 Å². The number of nitrogens with one attached hydrogen (secondary N) is 2. The fourth-order valence-electron chi connectivity index (χ4n) is 2.20. The summed E-state index contributed by atoms with van der Waals surface area (Å²) in [7, 11) is 4.09. The molecule has 2 aromatic rings. The van der Waals surface area contributed by atoms with Crippen LogP contribution in [-0.2, 0) is 6.54 Å². The number of pyridine rings is 1. The SMILES string of the molecule is CN(C)CCCNc1cc(C(=O)NCc2ccccc2Cl)ccn1. The van der Waals surface area contributed by atoms with Crippen molar-refractivity contribution in [3.05, 3.63) is 58.7 Å². The Labute approximate surface area is 148 Å². The molecule has 0 atom stereocenters. The monoisotopic (exact) mass is 346 g/mol. The highest BCUT2D eigenvalue weighted by Gasteiger charge is 2.08. The highest BCUT2D eigenvalue weighted by atomic mass is 35.5. The zero-order valence-electron chi connectivity index (χ0n) is 14.1. The number of carbonyl (C=O) groups excluding carboxylic acids is 1. The van der Waals surface area contributed by atoms with Gasteiger partial charge in [0.25, 0.3) is 5.91 Å². The molecule has 1 amide bonds. The van der Waals surface area contributed by atoms with E-state index >= 15 is 0 Å². The lowest BCUT2D eigenvalue weighted by Crippen LogP contribution is -2.23. The highest BCUT2D eigenvalue weighted by Crippen LogP contribution is 2.14. The standard InChI is InChI=1S/C18H23ClN4O/c1-23(2)11-5-9-20-17-12-14(8-10-21-17)18(24)22-13-15-6-3-4-7-16(15)19/h3-4,6-8,10,12H,5,9,11,13H2,1-2H3,(H,20,21)(H,22,24). The fourth-order valence-corrected chi connectivity index (χ4v) is 2.40. The van der Waals surface area contributed by atoms with Crippen LogP contribution in [0.3, 0.4) is 0 Å². The molecule has 2 N–H and O–H groups in total. The van der Waals surface area contributed by atoms with Crippen LogP contribution in [0.25, 0.3) is 0 Å². The molecule has 1 heterocycles. The molecule has 5 nitrogen and oxygen atoms in total. The van der Waals surface area contributed by atoms with Gasteiger partial charge in [-0.2, -0.15) is 0 Å². The summed E-state index contributed by atoms with van der Waals surface area (Å²) >= 11 is 6.10. The molecule has 24 heavy (non-hydrogen) atoms. The Morgan fingerprint density at radius 3 is 2.79 bits per heavy atom. The number of hydrogen-bond donors (Lipinski definition) is 2. The van der Waals surface area contributed by atoms with Gasteiger partial charge in [-0.3, -0.25) is 4.79 Å². The zero-order valence-corrected chi connectivity index (χ0v) is 14.8. The Morgan fingerprint density at radius 2 is 2.04 bits per heavy atom. The number of anilines is 1. The molecule has 0 saturated carbocycles. The van der Waals surface area contributed by atoms with Gasteiger partial charge < -0.3 is 15.5 Å². The smallest absolute Gasteiger partial charge is 0.251 e. The van der Waals surface area contributed by atoms with Gasteiger partial charge >= 0.3 is 0 Å². The Kier molecular flexibility index (Phi) is 7.03. The van der Waals surface area contributed by atoms with E-state index in [4.69, 9.17) is 11.6 Å². The van der Waals surface area contributed by atoms with Crippen LogP contribution < -0.4 is 10.6 Å². The van der Waals surface area contributed by atoms with E-state index < -0.39 is 0 Å². The van der Waals surface area contributed by atoms with Crippen molar-refractivity contribution in [1.29, 1.82) is 0 Å². The van der Waals surface area contributed by atoms with Crippen molar-refractivity contribution in [3.63, 3.8) is 0 Å². The van der Waals surface area contributed by atoms with Gasteiger partial charge in [0.1, 0.15) is 5.82 Å². The van der Waals surface area contributed by atoms with Crippen LogP contribution in [0.5, 0.6) is 0 Å². The maximum absolute atomic E-state index is 12.3. The molecule has 0 spiro atoms. The summed E-state index contributed by atoms with van der Waals surface area (Å²) in [6.07, 6.45) is 2.65. The second kappa shape index (κ2) is 9.25. The number of carbonyl (C=O) groups is 1. The minimum Gasteiger partial charge on any atom is -0.370 e. The first-order chi connectivity index (χ1) is 11.6. The molecule has 0 aliphatic rings. The topological polar surface area (TPSA) is 57.3 Å². The van der Waals surface area contributed by atoms with Crippen molar-refractivity contribution in [2.75, 3.05) is 32.5 Å². The van der Waals surface area contributed by atoms with Crippen LogP contribution in [0.2, 0.25) is 5.02 Å². The summed E-state index contributed by atoms with van der Waals surface area (Å²) < 4.78 is 0. The minimum atomic E-state index is -0.145. The Balaban J connectivity index is 1.88. The third kappa shape index (κ3) is 5.83. The zero-order chi connectivity index (χ0) is 17.4. The van der Waals surface area contributed by atoms with Gasteiger partial charge in [-0.1, -0.05) is 29.8 Å². The van der Waals surface area contributed by atoms with Crippen molar-refractivity contribution < 1.29 is 4.79 Å². The Bertz CT molecular complexity index is 676. The van der Waals surface area contributed by atoms with Crippen LogP contribution >= 0.6 is 11.6 Å². The largest absolute Gasteiger partial charge is 0.370 e. The van der Waals surface area contributed by atoms with E-state index in [0.29, 0.717) is 22.9 Å².